The maximum atomic E-state index is 12.1. The van der Waals surface area contributed by atoms with Crippen molar-refractivity contribution < 1.29 is 9.90 Å². The van der Waals surface area contributed by atoms with Crippen molar-refractivity contribution in [1.82, 2.24) is 10.3 Å². The number of carbonyl (C=O) groups is 1. The van der Waals surface area contributed by atoms with E-state index < -0.39 is 0 Å². The number of hydrogen-bond donors (Lipinski definition) is 3. The van der Waals surface area contributed by atoms with Gasteiger partial charge in [0, 0.05) is 29.7 Å². The molecule has 1 aromatic heterocycles. The van der Waals surface area contributed by atoms with Gasteiger partial charge in [0.1, 0.15) is 0 Å². The summed E-state index contributed by atoms with van der Waals surface area (Å²) in [6, 6.07) is 6.16. The molecular formula is C17H24N2O2. The van der Waals surface area contributed by atoms with Crippen molar-refractivity contribution in [3.05, 3.63) is 35.5 Å². The number of aryl methyl sites for hydroxylation is 1. The minimum absolute atomic E-state index is 0.00870. The third-order valence-corrected chi connectivity index (χ3v) is 4.15. The Kier molecular flexibility index (Phi) is 5.02. The molecule has 1 aromatic carbocycles. The normalized spacial score (nSPS) is 14.1. The predicted molar refractivity (Wildman–Crippen MR) is 85.2 cm³/mol. The van der Waals surface area contributed by atoms with E-state index >= 15 is 0 Å². The van der Waals surface area contributed by atoms with Crippen molar-refractivity contribution >= 4 is 16.8 Å². The number of hydrogen-bond acceptors (Lipinski definition) is 2. The van der Waals surface area contributed by atoms with Gasteiger partial charge in [0.2, 0.25) is 5.91 Å². The Bertz CT molecular complexity index is 618. The number of aliphatic hydroxyl groups excluding tert-OH is 1. The second kappa shape index (κ2) is 6.76. The number of carbonyl (C=O) groups excluding carboxylic acids is 1. The fourth-order valence-corrected chi connectivity index (χ4v) is 2.49. The third kappa shape index (κ3) is 3.45. The minimum atomic E-state index is -0.0288. The molecule has 2 rings (SSSR count). The van der Waals surface area contributed by atoms with Gasteiger partial charge in [-0.1, -0.05) is 32.0 Å². The zero-order valence-corrected chi connectivity index (χ0v) is 12.9. The van der Waals surface area contributed by atoms with Crippen LogP contribution in [0.1, 0.15) is 31.9 Å². The van der Waals surface area contributed by atoms with Gasteiger partial charge in [-0.2, -0.15) is 0 Å². The number of aromatic amines is 1. The summed E-state index contributed by atoms with van der Waals surface area (Å²) in [7, 11) is 0. The molecule has 0 aliphatic carbocycles. The first kappa shape index (κ1) is 15.6. The number of aromatic nitrogens is 1. The largest absolute Gasteiger partial charge is 0.396 e. The summed E-state index contributed by atoms with van der Waals surface area (Å²) in [5.41, 5.74) is 3.41. The van der Waals surface area contributed by atoms with Crippen molar-refractivity contribution in [3.8, 4) is 0 Å². The van der Waals surface area contributed by atoms with Gasteiger partial charge in [-0.25, -0.2) is 0 Å². The van der Waals surface area contributed by atoms with Crippen LogP contribution in [0.25, 0.3) is 10.9 Å². The van der Waals surface area contributed by atoms with Gasteiger partial charge in [-0.05, 0) is 30.4 Å². The molecule has 2 atom stereocenters. The molecule has 0 aliphatic rings. The first-order valence-electron chi connectivity index (χ1n) is 7.54. The fourth-order valence-electron chi connectivity index (χ4n) is 2.49. The topological polar surface area (TPSA) is 65.1 Å². The lowest BCUT2D eigenvalue weighted by Crippen LogP contribution is -2.39. The molecule has 4 heteroatoms. The van der Waals surface area contributed by atoms with Crippen LogP contribution < -0.4 is 5.32 Å². The summed E-state index contributed by atoms with van der Waals surface area (Å²) in [6.07, 6.45) is 3.24. The average molecular weight is 288 g/mol. The quantitative estimate of drug-likeness (QED) is 0.764. The minimum Gasteiger partial charge on any atom is -0.396 e. The number of benzene rings is 1. The van der Waals surface area contributed by atoms with Crippen LogP contribution in [-0.4, -0.2) is 28.6 Å². The highest BCUT2D eigenvalue weighted by molar-refractivity contribution is 5.90. The van der Waals surface area contributed by atoms with Crippen LogP contribution in [0, 0.1) is 5.92 Å². The molecule has 21 heavy (non-hydrogen) atoms. The van der Waals surface area contributed by atoms with Gasteiger partial charge in [0.05, 0.1) is 6.42 Å². The van der Waals surface area contributed by atoms with E-state index in [-0.39, 0.29) is 24.5 Å². The molecule has 2 unspecified atom stereocenters. The number of para-hydroxylation sites is 1. The first-order chi connectivity index (χ1) is 10.1. The Balaban J connectivity index is 2.11. The highest BCUT2D eigenvalue weighted by Crippen LogP contribution is 2.22. The number of fused-ring (bicyclic) bond motifs is 1. The molecule has 0 saturated heterocycles. The van der Waals surface area contributed by atoms with Crippen LogP contribution in [0.3, 0.4) is 0 Å². The molecule has 2 aromatic rings. The second-order valence-corrected chi connectivity index (χ2v) is 5.70. The summed E-state index contributed by atoms with van der Waals surface area (Å²) < 4.78 is 0. The van der Waals surface area contributed by atoms with Gasteiger partial charge in [0.25, 0.3) is 0 Å². The molecule has 0 radical (unpaired) electrons. The van der Waals surface area contributed by atoms with E-state index in [1.807, 2.05) is 32.2 Å². The maximum absolute atomic E-state index is 12.1. The zero-order chi connectivity index (χ0) is 15.4. The lowest BCUT2D eigenvalue weighted by molar-refractivity contribution is -0.121. The van der Waals surface area contributed by atoms with Crippen LogP contribution in [-0.2, 0) is 17.6 Å². The molecule has 0 spiro atoms. The highest BCUT2D eigenvalue weighted by Gasteiger charge is 2.15. The van der Waals surface area contributed by atoms with Crippen molar-refractivity contribution in [1.29, 1.82) is 0 Å². The van der Waals surface area contributed by atoms with E-state index in [4.69, 9.17) is 5.11 Å². The Morgan fingerprint density at radius 2 is 2.10 bits per heavy atom. The van der Waals surface area contributed by atoms with Crippen LogP contribution >= 0.6 is 0 Å². The van der Waals surface area contributed by atoms with Gasteiger partial charge in [-0.15, -0.1) is 0 Å². The summed E-state index contributed by atoms with van der Waals surface area (Å²) in [5, 5.41) is 13.2. The number of aliphatic hydroxyl groups is 1. The van der Waals surface area contributed by atoms with E-state index in [9.17, 15) is 4.79 Å². The van der Waals surface area contributed by atoms with Crippen LogP contribution in [0.2, 0.25) is 0 Å². The molecule has 0 saturated carbocycles. The molecule has 0 aliphatic heterocycles. The summed E-state index contributed by atoms with van der Waals surface area (Å²) in [6.45, 7) is 6.04. The molecular weight excluding hydrogens is 264 g/mol. The SMILES string of the molecule is CCc1cccc2c(CC(=O)NC(C)C(C)CO)c[nH]c12. The molecule has 0 bridgehead atoms. The van der Waals surface area contributed by atoms with Crippen LogP contribution in [0.5, 0.6) is 0 Å². The van der Waals surface area contributed by atoms with Gasteiger partial charge < -0.3 is 15.4 Å². The van der Waals surface area contributed by atoms with Crippen molar-refractivity contribution in [2.75, 3.05) is 6.61 Å². The first-order valence-corrected chi connectivity index (χ1v) is 7.54. The monoisotopic (exact) mass is 288 g/mol. The van der Waals surface area contributed by atoms with E-state index in [1.165, 1.54) is 5.56 Å². The number of H-pyrrole nitrogens is 1. The molecule has 1 amide bonds. The molecule has 4 nitrogen and oxygen atoms in total. The smallest absolute Gasteiger partial charge is 0.224 e. The summed E-state index contributed by atoms with van der Waals surface area (Å²) >= 11 is 0. The molecule has 114 valence electrons. The van der Waals surface area contributed by atoms with E-state index in [1.54, 1.807) is 0 Å². The van der Waals surface area contributed by atoms with Crippen LogP contribution in [0.15, 0.2) is 24.4 Å². The highest BCUT2D eigenvalue weighted by atomic mass is 16.3. The van der Waals surface area contributed by atoms with Crippen molar-refractivity contribution in [3.63, 3.8) is 0 Å². The van der Waals surface area contributed by atoms with Crippen molar-refractivity contribution in [2.45, 2.75) is 39.7 Å². The molecule has 3 N–H and O–H groups in total. The fraction of sp³-hybridized carbons (Fsp3) is 0.471. The lowest BCUT2D eigenvalue weighted by Gasteiger charge is -2.19. The third-order valence-electron chi connectivity index (χ3n) is 4.15. The Morgan fingerprint density at radius 3 is 2.76 bits per heavy atom. The van der Waals surface area contributed by atoms with E-state index in [2.05, 4.69) is 23.3 Å². The lowest BCUT2D eigenvalue weighted by atomic mass is 10.0. The predicted octanol–water partition coefficient (Wildman–Crippen LogP) is 2.41. The summed E-state index contributed by atoms with van der Waals surface area (Å²) in [4.78, 5) is 15.4. The number of rotatable bonds is 6. The number of nitrogens with one attached hydrogen (secondary N) is 2. The summed E-state index contributed by atoms with van der Waals surface area (Å²) in [5.74, 6) is 0.0502. The molecule has 0 fully saturated rings. The van der Waals surface area contributed by atoms with Gasteiger partial charge in [-0.3, -0.25) is 4.79 Å². The Morgan fingerprint density at radius 1 is 1.33 bits per heavy atom. The van der Waals surface area contributed by atoms with Gasteiger partial charge in [0.15, 0.2) is 0 Å². The molecule has 1 heterocycles. The Labute approximate surface area is 125 Å². The second-order valence-electron chi connectivity index (χ2n) is 5.70. The Hall–Kier alpha value is -1.81. The van der Waals surface area contributed by atoms with Crippen molar-refractivity contribution in [2.24, 2.45) is 5.92 Å². The van der Waals surface area contributed by atoms with Gasteiger partial charge >= 0.3 is 0 Å². The number of amides is 1. The maximum Gasteiger partial charge on any atom is 0.224 e. The standard InChI is InChI=1S/C17H24N2O2/c1-4-13-6-5-7-15-14(9-18-17(13)15)8-16(21)19-12(3)11(2)10-20/h5-7,9,11-12,18,20H,4,8,10H2,1-3H3,(H,19,21). The zero-order valence-electron chi connectivity index (χ0n) is 12.9. The average Bonchev–Trinajstić information content (AvgIpc) is 2.89. The van der Waals surface area contributed by atoms with E-state index in [0.717, 1.165) is 22.9 Å². The van der Waals surface area contributed by atoms with Crippen LogP contribution in [0.4, 0.5) is 0 Å². The van der Waals surface area contributed by atoms with E-state index in [0.29, 0.717) is 6.42 Å².